The highest BCUT2D eigenvalue weighted by Gasteiger charge is 2.20. The van der Waals surface area contributed by atoms with Crippen LogP contribution in [0.2, 0.25) is 0 Å². The summed E-state index contributed by atoms with van der Waals surface area (Å²) in [7, 11) is 0. The van der Waals surface area contributed by atoms with Crippen LogP contribution in [0.4, 0.5) is 22.7 Å². The molecule has 0 saturated heterocycles. The first-order valence-electron chi connectivity index (χ1n) is 13.5. The second kappa shape index (κ2) is 13.5. The number of ether oxygens (including phenoxy) is 3. The fourth-order valence-electron chi connectivity index (χ4n) is 4.39. The Bertz CT molecular complexity index is 1540. The summed E-state index contributed by atoms with van der Waals surface area (Å²) in [6.07, 6.45) is 5.95. The molecule has 218 valence electrons. The van der Waals surface area contributed by atoms with E-state index in [9.17, 15) is 19.2 Å². The normalized spacial score (nSPS) is 15.0. The average molecular weight is 573 g/mol. The molecule has 2 aromatic carbocycles. The second-order valence-corrected chi connectivity index (χ2v) is 9.87. The van der Waals surface area contributed by atoms with Crippen LogP contribution in [-0.4, -0.2) is 43.3 Å². The lowest BCUT2D eigenvalue weighted by atomic mass is 9.99. The number of Topliss-reactive ketones (excluding diaryl/α,β-unsaturated/α-hetero) is 1. The summed E-state index contributed by atoms with van der Waals surface area (Å²) in [5.41, 5.74) is 16.4. The van der Waals surface area contributed by atoms with Crippen molar-refractivity contribution in [1.82, 2.24) is 0 Å². The Hall–Kier alpha value is -5.06. The highest BCUT2D eigenvalue weighted by molar-refractivity contribution is 6.48. The summed E-state index contributed by atoms with van der Waals surface area (Å²) in [6.45, 7) is 5.55. The van der Waals surface area contributed by atoms with E-state index in [0.717, 1.165) is 11.1 Å². The minimum atomic E-state index is -0.574. The SMILES string of the molecule is C=C(C)C(=O)OCCc1cc(OCCC2=CC=CC(=O)C2=O)c2cc1CCCOC(=O)Cc1ccc(c(N)c1N)N=N2. The molecule has 11 nitrogen and oxygen atoms in total. The van der Waals surface area contributed by atoms with Gasteiger partial charge in [0.25, 0.3) is 0 Å². The largest absolute Gasteiger partial charge is 0.491 e. The summed E-state index contributed by atoms with van der Waals surface area (Å²) in [4.78, 5) is 48.3. The van der Waals surface area contributed by atoms with E-state index < -0.39 is 23.5 Å². The van der Waals surface area contributed by atoms with E-state index in [2.05, 4.69) is 16.8 Å². The smallest absolute Gasteiger partial charge is 0.333 e. The summed E-state index contributed by atoms with van der Waals surface area (Å²) in [5.74, 6) is -1.69. The molecular weight excluding hydrogens is 540 g/mol. The van der Waals surface area contributed by atoms with E-state index in [0.29, 0.717) is 53.1 Å². The Balaban J connectivity index is 1.68. The number of esters is 2. The van der Waals surface area contributed by atoms with Gasteiger partial charge < -0.3 is 25.7 Å². The van der Waals surface area contributed by atoms with E-state index in [-0.39, 0.29) is 44.0 Å². The highest BCUT2D eigenvalue weighted by atomic mass is 16.5. The van der Waals surface area contributed by atoms with Gasteiger partial charge in [-0.3, -0.25) is 14.4 Å². The summed E-state index contributed by atoms with van der Waals surface area (Å²) in [5, 5.41) is 8.74. The Labute approximate surface area is 242 Å². The van der Waals surface area contributed by atoms with Crippen LogP contribution in [0, 0.1) is 0 Å². The minimum Gasteiger partial charge on any atom is -0.491 e. The number of azo groups is 1. The Morgan fingerprint density at radius 3 is 2.60 bits per heavy atom. The first-order valence-corrected chi connectivity index (χ1v) is 13.5. The van der Waals surface area contributed by atoms with Crippen LogP contribution in [0.1, 0.15) is 36.5 Å². The molecule has 0 aromatic heterocycles. The van der Waals surface area contributed by atoms with Crippen LogP contribution in [0.25, 0.3) is 0 Å². The molecule has 0 unspecified atom stereocenters. The van der Waals surface area contributed by atoms with Crippen LogP contribution in [0.3, 0.4) is 0 Å². The fraction of sp³-hybridized carbons (Fsp3) is 0.290. The Kier molecular flexibility index (Phi) is 9.64. The third-order valence-corrected chi connectivity index (χ3v) is 6.73. The number of benzene rings is 2. The van der Waals surface area contributed by atoms with Crippen molar-refractivity contribution in [2.24, 2.45) is 10.2 Å². The van der Waals surface area contributed by atoms with Crippen LogP contribution in [-0.2, 0) is 47.9 Å². The molecule has 0 spiro atoms. The molecule has 2 aliphatic heterocycles. The number of anilines is 2. The molecular formula is C31H32N4O7. The molecule has 0 amide bonds. The number of carbonyl (C=O) groups is 4. The van der Waals surface area contributed by atoms with E-state index >= 15 is 0 Å². The van der Waals surface area contributed by atoms with Crippen molar-refractivity contribution in [1.29, 1.82) is 0 Å². The maximum absolute atomic E-state index is 12.4. The maximum Gasteiger partial charge on any atom is 0.333 e. The third kappa shape index (κ3) is 7.36. The van der Waals surface area contributed by atoms with Crippen molar-refractivity contribution >= 4 is 46.3 Å². The Morgan fingerprint density at radius 2 is 1.81 bits per heavy atom. The third-order valence-electron chi connectivity index (χ3n) is 6.73. The molecule has 4 bridgehead atoms. The van der Waals surface area contributed by atoms with E-state index in [1.54, 1.807) is 37.3 Å². The number of rotatable bonds is 8. The number of hydrogen-bond acceptors (Lipinski definition) is 11. The molecule has 2 aromatic rings. The fourth-order valence-corrected chi connectivity index (χ4v) is 4.39. The lowest BCUT2D eigenvalue weighted by Crippen LogP contribution is -2.18. The summed E-state index contributed by atoms with van der Waals surface area (Å²) in [6, 6.07) is 6.87. The Morgan fingerprint density at radius 1 is 1.02 bits per heavy atom. The molecule has 5 rings (SSSR count). The predicted octanol–water partition coefficient (Wildman–Crippen LogP) is 4.36. The number of fused-ring (bicyclic) bond motifs is 7. The molecule has 42 heavy (non-hydrogen) atoms. The van der Waals surface area contributed by atoms with Gasteiger partial charge in [0.15, 0.2) is 0 Å². The molecule has 1 aliphatic carbocycles. The van der Waals surface area contributed by atoms with Crippen molar-refractivity contribution in [3.63, 3.8) is 0 Å². The minimum absolute atomic E-state index is 0.0289. The van der Waals surface area contributed by atoms with Crippen LogP contribution < -0.4 is 16.2 Å². The first-order chi connectivity index (χ1) is 20.1. The molecule has 2 heterocycles. The zero-order valence-electron chi connectivity index (χ0n) is 23.3. The second-order valence-electron chi connectivity index (χ2n) is 9.87. The summed E-state index contributed by atoms with van der Waals surface area (Å²) < 4.78 is 16.8. The van der Waals surface area contributed by atoms with Crippen molar-refractivity contribution in [2.45, 2.75) is 39.0 Å². The summed E-state index contributed by atoms with van der Waals surface area (Å²) >= 11 is 0. The molecule has 4 N–H and O–H groups in total. The number of nitrogen functional groups attached to an aromatic ring is 2. The van der Waals surface area contributed by atoms with E-state index in [1.807, 2.05) is 0 Å². The molecule has 0 fully saturated rings. The molecule has 0 atom stereocenters. The zero-order chi connectivity index (χ0) is 30.2. The topological polar surface area (TPSA) is 173 Å². The van der Waals surface area contributed by atoms with Crippen molar-refractivity contribution in [3.05, 3.63) is 76.9 Å². The maximum atomic E-state index is 12.4. The van der Waals surface area contributed by atoms with E-state index in [4.69, 9.17) is 25.7 Å². The van der Waals surface area contributed by atoms with Gasteiger partial charge in [0.2, 0.25) is 11.6 Å². The number of carbonyl (C=O) groups excluding carboxylic acids is 4. The van der Waals surface area contributed by atoms with Crippen LogP contribution in [0.15, 0.2) is 70.4 Å². The van der Waals surface area contributed by atoms with Crippen LogP contribution in [0.5, 0.6) is 5.75 Å². The molecule has 11 heteroatoms. The van der Waals surface area contributed by atoms with Gasteiger partial charge in [-0.05, 0) is 60.7 Å². The van der Waals surface area contributed by atoms with Gasteiger partial charge in [0.1, 0.15) is 17.1 Å². The number of allylic oxidation sites excluding steroid dienone is 3. The van der Waals surface area contributed by atoms with Gasteiger partial charge in [0.05, 0.1) is 37.6 Å². The molecule has 0 saturated carbocycles. The lowest BCUT2D eigenvalue weighted by molar-refractivity contribution is -0.143. The first kappa shape index (κ1) is 29.9. The van der Waals surface area contributed by atoms with Crippen molar-refractivity contribution < 1.29 is 33.4 Å². The van der Waals surface area contributed by atoms with Gasteiger partial charge in [-0.2, -0.15) is 0 Å². The number of aryl methyl sites for hydroxylation is 1. The van der Waals surface area contributed by atoms with E-state index in [1.165, 1.54) is 12.2 Å². The number of hydrogen-bond donors (Lipinski definition) is 2. The van der Waals surface area contributed by atoms with Gasteiger partial charge in [-0.1, -0.05) is 24.8 Å². The van der Waals surface area contributed by atoms with Gasteiger partial charge in [0, 0.05) is 24.0 Å². The molecule has 3 aliphatic rings. The van der Waals surface area contributed by atoms with Gasteiger partial charge in [-0.25, -0.2) is 4.79 Å². The van der Waals surface area contributed by atoms with Gasteiger partial charge >= 0.3 is 11.9 Å². The zero-order valence-corrected chi connectivity index (χ0v) is 23.3. The predicted molar refractivity (Wildman–Crippen MR) is 156 cm³/mol. The standard InChI is InChI=1S/C31H32N4O7/c1-18(2)31(39)42-14-11-21-16-26(40-13-10-19-5-3-7-25(36)30(19)38)24-15-20(21)6-4-12-41-27(37)17-22-8-9-23(34-35-24)29(33)28(22)32/h3,5,7-9,15-16H,1,4,6,10-14,17,32-33H2,2H3. The van der Waals surface area contributed by atoms with Gasteiger partial charge in [-0.15, -0.1) is 10.2 Å². The quantitative estimate of drug-likeness (QED) is 0.153. The number of nitrogens with two attached hydrogens (primary N) is 2. The monoisotopic (exact) mass is 572 g/mol. The van der Waals surface area contributed by atoms with Crippen molar-refractivity contribution in [3.8, 4) is 5.75 Å². The number of nitrogens with zero attached hydrogens (tertiary/aromatic N) is 2. The lowest BCUT2D eigenvalue weighted by Gasteiger charge is -2.16. The molecule has 0 radical (unpaired) electrons. The van der Waals surface area contributed by atoms with Crippen molar-refractivity contribution in [2.75, 3.05) is 31.3 Å². The highest BCUT2D eigenvalue weighted by Crippen LogP contribution is 2.37. The van der Waals surface area contributed by atoms with Crippen LogP contribution >= 0.6 is 0 Å². The number of ketones is 2. The average Bonchev–Trinajstić information content (AvgIpc) is 2.96.